The first kappa shape index (κ1) is 19.4. The summed E-state index contributed by atoms with van der Waals surface area (Å²) in [6, 6.07) is 6.25. The van der Waals surface area contributed by atoms with E-state index >= 15 is 0 Å². The molecule has 1 aromatic rings. The minimum atomic E-state index is -0.587. The van der Waals surface area contributed by atoms with Crippen molar-refractivity contribution in [3.8, 4) is 0 Å². The summed E-state index contributed by atoms with van der Waals surface area (Å²) < 4.78 is 24.9. The highest BCUT2D eigenvalue weighted by atomic mass is 19.1. The standard InChI is InChI=1S/C19H26FNO4/c1-4-24-19-15(6-5-11-22)16(13-7-9-14(20)10-8-13)12-17(25-19)18(23)21(2)3/h7-10,12,15-16,19,22H,4-6,11H2,1-3H3/t15-,16+,19+/m0/s1. The number of amides is 1. The van der Waals surface area contributed by atoms with E-state index in [1.54, 1.807) is 32.3 Å². The second kappa shape index (κ2) is 8.97. The van der Waals surface area contributed by atoms with Gasteiger partial charge in [-0.15, -0.1) is 0 Å². The van der Waals surface area contributed by atoms with Gasteiger partial charge < -0.3 is 19.5 Å². The van der Waals surface area contributed by atoms with Crippen molar-refractivity contribution in [1.29, 1.82) is 0 Å². The number of halogens is 1. The lowest BCUT2D eigenvalue weighted by atomic mass is 9.80. The van der Waals surface area contributed by atoms with Gasteiger partial charge in [0, 0.05) is 39.1 Å². The molecule has 3 atom stereocenters. The summed E-state index contributed by atoms with van der Waals surface area (Å²) in [6.07, 6.45) is 2.46. The summed E-state index contributed by atoms with van der Waals surface area (Å²) in [4.78, 5) is 13.8. The number of rotatable bonds is 7. The molecule has 1 heterocycles. The molecule has 1 aromatic carbocycles. The Labute approximate surface area is 148 Å². The molecule has 6 heteroatoms. The van der Waals surface area contributed by atoms with E-state index in [2.05, 4.69) is 0 Å². The maximum absolute atomic E-state index is 13.3. The smallest absolute Gasteiger partial charge is 0.288 e. The van der Waals surface area contributed by atoms with E-state index in [9.17, 15) is 14.3 Å². The number of likely N-dealkylation sites (N-methyl/N-ethyl adjacent to an activating group) is 1. The Hall–Kier alpha value is -1.92. The Balaban J connectivity index is 2.42. The SMILES string of the molecule is CCO[C@@H]1OC(C(=O)N(C)C)=C[C@H](c2ccc(F)cc2)[C@@H]1CCCO. The van der Waals surface area contributed by atoms with Crippen LogP contribution in [0.4, 0.5) is 4.39 Å². The van der Waals surface area contributed by atoms with Gasteiger partial charge in [-0.2, -0.15) is 0 Å². The van der Waals surface area contributed by atoms with Crippen LogP contribution in [0.1, 0.15) is 31.2 Å². The van der Waals surface area contributed by atoms with Crippen molar-refractivity contribution < 1.29 is 23.8 Å². The Morgan fingerprint density at radius 1 is 1.32 bits per heavy atom. The van der Waals surface area contributed by atoms with Gasteiger partial charge in [-0.1, -0.05) is 12.1 Å². The van der Waals surface area contributed by atoms with Crippen LogP contribution in [0.2, 0.25) is 0 Å². The zero-order valence-electron chi connectivity index (χ0n) is 14.9. The first-order valence-electron chi connectivity index (χ1n) is 8.56. The third kappa shape index (κ3) is 4.80. The van der Waals surface area contributed by atoms with Crippen molar-refractivity contribution in [3.05, 3.63) is 47.5 Å². The first-order chi connectivity index (χ1) is 12.0. The highest BCUT2D eigenvalue weighted by molar-refractivity contribution is 5.91. The summed E-state index contributed by atoms with van der Waals surface area (Å²) in [5.41, 5.74) is 0.890. The van der Waals surface area contributed by atoms with Crippen LogP contribution in [0.5, 0.6) is 0 Å². The topological polar surface area (TPSA) is 59.0 Å². The zero-order valence-corrected chi connectivity index (χ0v) is 14.9. The summed E-state index contributed by atoms with van der Waals surface area (Å²) in [5.74, 6) is -0.541. The number of benzene rings is 1. The molecule has 0 bridgehead atoms. The Kier molecular flexibility index (Phi) is 6.96. The fraction of sp³-hybridized carbons (Fsp3) is 0.526. The largest absolute Gasteiger partial charge is 0.459 e. The van der Waals surface area contributed by atoms with Crippen molar-refractivity contribution in [2.75, 3.05) is 27.3 Å². The number of aliphatic hydroxyl groups is 1. The normalized spacial score (nSPS) is 22.9. The molecule has 138 valence electrons. The molecule has 0 spiro atoms. The number of aliphatic hydroxyl groups excluding tert-OH is 1. The van der Waals surface area contributed by atoms with E-state index < -0.39 is 6.29 Å². The average Bonchev–Trinajstić information content (AvgIpc) is 2.60. The van der Waals surface area contributed by atoms with Crippen molar-refractivity contribution in [2.45, 2.75) is 32.0 Å². The molecule has 1 aliphatic rings. The van der Waals surface area contributed by atoms with E-state index in [4.69, 9.17) is 9.47 Å². The van der Waals surface area contributed by atoms with E-state index in [-0.39, 0.29) is 35.9 Å². The summed E-state index contributed by atoms with van der Waals surface area (Å²) >= 11 is 0. The van der Waals surface area contributed by atoms with Crippen LogP contribution in [0.3, 0.4) is 0 Å². The van der Waals surface area contributed by atoms with Crippen LogP contribution in [0, 0.1) is 11.7 Å². The lowest BCUT2D eigenvalue weighted by Gasteiger charge is -2.37. The summed E-state index contributed by atoms with van der Waals surface area (Å²) in [7, 11) is 3.32. The quantitative estimate of drug-likeness (QED) is 0.820. The van der Waals surface area contributed by atoms with Crippen molar-refractivity contribution in [1.82, 2.24) is 4.90 Å². The molecule has 1 amide bonds. The molecule has 0 fully saturated rings. The van der Waals surface area contributed by atoms with Crippen LogP contribution in [-0.2, 0) is 14.3 Å². The van der Waals surface area contributed by atoms with E-state index in [0.717, 1.165) is 5.56 Å². The van der Waals surface area contributed by atoms with Crippen molar-refractivity contribution in [2.24, 2.45) is 5.92 Å². The fourth-order valence-electron chi connectivity index (χ4n) is 3.04. The third-order valence-electron chi connectivity index (χ3n) is 4.28. The number of ether oxygens (including phenoxy) is 2. The predicted octanol–water partition coefficient (Wildman–Crippen LogP) is 2.66. The van der Waals surface area contributed by atoms with Gasteiger partial charge in [0.2, 0.25) is 6.29 Å². The van der Waals surface area contributed by atoms with Gasteiger partial charge in [0.25, 0.3) is 5.91 Å². The van der Waals surface area contributed by atoms with Gasteiger partial charge in [0.15, 0.2) is 5.76 Å². The molecule has 0 saturated heterocycles. The number of hydrogen-bond donors (Lipinski definition) is 1. The van der Waals surface area contributed by atoms with Gasteiger partial charge in [-0.05, 0) is 43.5 Å². The van der Waals surface area contributed by atoms with Gasteiger partial charge in [-0.3, -0.25) is 4.79 Å². The van der Waals surface area contributed by atoms with Crippen LogP contribution in [0.25, 0.3) is 0 Å². The highest BCUT2D eigenvalue weighted by Crippen LogP contribution is 2.39. The zero-order chi connectivity index (χ0) is 18.4. The monoisotopic (exact) mass is 351 g/mol. The molecule has 5 nitrogen and oxygen atoms in total. The summed E-state index contributed by atoms with van der Waals surface area (Å²) in [5, 5.41) is 9.21. The maximum atomic E-state index is 13.3. The molecule has 0 unspecified atom stereocenters. The third-order valence-corrected chi connectivity index (χ3v) is 4.28. The molecular weight excluding hydrogens is 325 g/mol. The maximum Gasteiger partial charge on any atom is 0.288 e. The second-order valence-corrected chi connectivity index (χ2v) is 6.28. The molecule has 1 aliphatic heterocycles. The van der Waals surface area contributed by atoms with Crippen LogP contribution in [0.15, 0.2) is 36.1 Å². The minimum Gasteiger partial charge on any atom is -0.459 e. The van der Waals surface area contributed by atoms with Crippen LogP contribution < -0.4 is 0 Å². The number of carbonyl (C=O) groups is 1. The Morgan fingerprint density at radius 2 is 2.00 bits per heavy atom. The van der Waals surface area contributed by atoms with Crippen molar-refractivity contribution in [3.63, 3.8) is 0 Å². The molecule has 2 rings (SSSR count). The second-order valence-electron chi connectivity index (χ2n) is 6.28. The van der Waals surface area contributed by atoms with E-state index in [0.29, 0.717) is 19.4 Å². The van der Waals surface area contributed by atoms with Gasteiger partial charge in [0.05, 0.1) is 0 Å². The lowest BCUT2D eigenvalue weighted by Crippen LogP contribution is -2.38. The van der Waals surface area contributed by atoms with Gasteiger partial charge in [0.1, 0.15) is 5.82 Å². The fourth-order valence-corrected chi connectivity index (χ4v) is 3.04. The average molecular weight is 351 g/mol. The molecule has 0 radical (unpaired) electrons. The lowest BCUT2D eigenvalue weighted by molar-refractivity contribution is -0.169. The van der Waals surface area contributed by atoms with Crippen LogP contribution >= 0.6 is 0 Å². The summed E-state index contributed by atoms with van der Waals surface area (Å²) in [6.45, 7) is 2.38. The number of nitrogens with zero attached hydrogens (tertiary/aromatic N) is 1. The minimum absolute atomic E-state index is 0.0681. The van der Waals surface area contributed by atoms with Gasteiger partial charge >= 0.3 is 0 Å². The van der Waals surface area contributed by atoms with Crippen molar-refractivity contribution >= 4 is 5.91 Å². The molecule has 25 heavy (non-hydrogen) atoms. The number of allylic oxidation sites excluding steroid dienone is 1. The Bertz CT molecular complexity index is 600. The number of hydrogen-bond acceptors (Lipinski definition) is 4. The molecule has 0 aliphatic carbocycles. The molecule has 0 aromatic heterocycles. The van der Waals surface area contributed by atoms with Gasteiger partial charge in [-0.25, -0.2) is 4.39 Å². The Morgan fingerprint density at radius 3 is 2.56 bits per heavy atom. The molecular formula is C19H26FNO4. The number of carbonyl (C=O) groups excluding carboxylic acids is 1. The molecule has 1 N–H and O–H groups in total. The molecule has 0 saturated carbocycles. The van der Waals surface area contributed by atoms with E-state index in [1.165, 1.54) is 17.0 Å². The van der Waals surface area contributed by atoms with E-state index in [1.807, 2.05) is 6.92 Å². The first-order valence-corrected chi connectivity index (χ1v) is 8.56. The predicted molar refractivity (Wildman–Crippen MR) is 92.2 cm³/mol. The highest BCUT2D eigenvalue weighted by Gasteiger charge is 2.38. The van der Waals surface area contributed by atoms with Crippen LogP contribution in [-0.4, -0.2) is 49.5 Å².